The lowest BCUT2D eigenvalue weighted by molar-refractivity contribution is 0.402. The summed E-state index contributed by atoms with van der Waals surface area (Å²) in [4.78, 5) is 16.2. The van der Waals surface area contributed by atoms with Crippen molar-refractivity contribution in [3.8, 4) is 18.1 Å². The Kier molecular flexibility index (Phi) is 5.85. The number of nitrogens with zero attached hydrogens (tertiary/aromatic N) is 2. The molecule has 0 aliphatic rings. The number of rotatable bonds is 5. The number of benzene rings is 2. The molecule has 0 radical (unpaired) electrons. The van der Waals surface area contributed by atoms with Gasteiger partial charge in [0.2, 0.25) is 11.7 Å². The molecule has 148 valence electrons. The molecule has 3 rings (SSSR count). The van der Waals surface area contributed by atoms with Crippen LogP contribution in [0.1, 0.15) is 16.7 Å². The molecule has 0 bridgehead atoms. The summed E-state index contributed by atoms with van der Waals surface area (Å²) in [5.41, 5.74) is 1.23. The highest BCUT2D eigenvalue weighted by molar-refractivity contribution is 6.30. The predicted molar refractivity (Wildman–Crippen MR) is 108 cm³/mol. The summed E-state index contributed by atoms with van der Waals surface area (Å²) in [6, 6.07) is 7.05. The SMILES string of the molecule is C#Cc1cc(Nc2nc(=O)c(OC)cn2Cc2ccc(F)c(Cl)c2)c(C)cc1F. The van der Waals surface area contributed by atoms with Gasteiger partial charge in [0.15, 0.2) is 0 Å². The zero-order chi connectivity index (χ0) is 21.1. The Hall–Kier alpha value is -3.37. The number of ether oxygens (including phenoxy) is 1. The van der Waals surface area contributed by atoms with E-state index in [1.807, 2.05) is 0 Å². The van der Waals surface area contributed by atoms with E-state index in [2.05, 4.69) is 16.2 Å². The van der Waals surface area contributed by atoms with E-state index in [0.29, 0.717) is 16.8 Å². The zero-order valence-corrected chi connectivity index (χ0v) is 16.3. The van der Waals surface area contributed by atoms with Crippen LogP contribution in [0, 0.1) is 30.9 Å². The third-order valence-electron chi connectivity index (χ3n) is 4.24. The minimum absolute atomic E-state index is 0.0222. The first-order valence-corrected chi connectivity index (χ1v) is 8.83. The molecule has 0 spiro atoms. The van der Waals surface area contributed by atoms with Crippen LogP contribution in [-0.2, 0) is 6.54 Å². The number of aryl methyl sites for hydroxylation is 1. The van der Waals surface area contributed by atoms with E-state index < -0.39 is 17.2 Å². The first kappa shape index (κ1) is 20.4. The van der Waals surface area contributed by atoms with E-state index >= 15 is 0 Å². The fourth-order valence-corrected chi connectivity index (χ4v) is 2.91. The van der Waals surface area contributed by atoms with Gasteiger partial charge in [-0.2, -0.15) is 4.98 Å². The molecule has 3 aromatic rings. The largest absolute Gasteiger partial charge is 0.490 e. The van der Waals surface area contributed by atoms with Crippen LogP contribution in [0.3, 0.4) is 0 Å². The summed E-state index contributed by atoms with van der Waals surface area (Å²) in [5, 5.41) is 2.99. The van der Waals surface area contributed by atoms with Crippen molar-refractivity contribution in [3.63, 3.8) is 0 Å². The van der Waals surface area contributed by atoms with Crippen LogP contribution in [0.4, 0.5) is 20.4 Å². The number of anilines is 2. The number of halogens is 3. The molecule has 0 amide bonds. The fraction of sp³-hybridized carbons (Fsp3) is 0.143. The third-order valence-corrected chi connectivity index (χ3v) is 4.53. The molecule has 2 aromatic carbocycles. The van der Waals surface area contributed by atoms with E-state index in [0.717, 1.165) is 0 Å². The summed E-state index contributed by atoms with van der Waals surface area (Å²) < 4.78 is 34.0. The van der Waals surface area contributed by atoms with Gasteiger partial charge < -0.3 is 14.6 Å². The molecule has 1 aromatic heterocycles. The Morgan fingerprint density at radius 3 is 2.69 bits per heavy atom. The minimum atomic E-state index is -0.583. The van der Waals surface area contributed by atoms with E-state index in [-0.39, 0.29) is 28.8 Å². The van der Waals surface area contributed by atoms with Gasteiger partial charge in [0.05, 0.1) is 30.4 Å². The van der Waals surface area contributed by atoms with Crippen molar-refractivity contribution in [2.45, 2.75) is 13.5 Å². The Morgan fingerprint density at radius 1 is 1.28 bits per heavy atom. The number of nitrogens with one attached hydrogen (secondary N) is 1. The molecule has 0 saturated carbocycles. The highest BCUT2D eigenvalue weighted by Crippen LogP contribution is 2.24. The maximum atomic E-state index is 13.9. The van der Waals surface area contributed by atoms with Crippen LogP contribution in [0.5, 0.6) is 5.75 Å². The van der Waals surface area contributed by atoms with Crippen LogP contribution in [0.15, 0.2) is 41.3 Å². The first-order chi connectivity index (χ1) is 13.8. The van der Waals surface area contributed by atoms with Gasteiger partial charge in [-0.05, 0) is 42.3 Å². The second-order valence-electron chi connectivity index (χ2n) is 6.23. The second-order valence-corrected chi connectivity index (χ2v) is 6.64. The number of hydrogen-bond donors (Lipinski definition) is 1. The number of methoxy groups -OCH3 is 1. The van der Waals surface area contributed by atoms with E-state index in [9.17, 15) is 13.6 Å². The van der Waals surface area contributed by atoms with Crippen molar-refractivity contribution in [3.05, 3.63) is 80.2 Å². The van der Waals surface area contributed by atoms with Gasteiger partial charge in [-0.25, -0.2) is 8.78 Å². The van der Waals surface area contributed by atoms with Crippen molar-refractivity contribution in [2.75, 3.05) is 12.4 Å². The summed E-state index contributed by atoms with van der Waals surface area (Å²) in [6.07, 6.45) is 6.80. The Balaban J connectivity index is 2.06. The lowest BCUT2D eigenvalue weighted by atomic mass is 10.1. The van der Waals surface area contributed by atoms with Crippen LogP contribution in [0.25, 0.3) is 0 Å². The van der Waals surface area contributed by atoms with Crippen LogP contribution >= 0.6 is 11.6 Å². The van der Waals surface area contributed by atoms with Crippen LogP contribution in [-0.4, -0.2) is 16.7 Å². The standard InChI is InChI=1S/C21H16ClF2N3O2/c1-4-14-9-18(12(2)7-17(14)24)25-21-26-20(28)19(29-3)11-27(21)10-13-5-6-16(23)15(22)8-13/h1,5-9,11H,10H2,2-3H3,(H,25,26,28). The first-order valence-electron chi connectivity index (χ1n) is 8.45. The van der Waals surface area contributed by atoms with Crippen molar-refractivity contribution >= 4 is 23.2 Å². The topological polar surface area (TPSA) is 56.1 Å². The lowest BCUT2D eigenvalue weighted by Gasteiger charge is -2.17. The highest BCUT2D eigenvalue weighted by Gasteiger charge is 2.13. The number of terminal acetylenes is 1. The average molecular weight is 416 g/mol. The number of aromatic nitrogens is 2. The maximum absolute atomic E-state index is 13.9. The summed E-state index contributed by atoms with van der Waals surface area (Å²) in [5.74, 6) is 1.43. The zero-order valence-electron chi connectivity index (χ0n) is 15.6. The molecule has 1 heterocycles. The fourth-order valence-electron chi connectivity index (χ4n) is 2.71. The Morgan fingerprint density at radius 2 is 2.03 bits per heavy atom. The van der Waals surface area contributed by atoms with Gasteiger partial charge in [0.25, 0.3) is 0 Å². The van der Waals surface area contributed by atoms with E-state index in [1.165, 1.54) is 37.6 Å². The van der Waals surface area contributed by atoms with E-state index in [4.69, 9.17) is 22.8 Å². The van der Waals surface area contributed by atoms with E-state index in [1.54, 1.807) is 17.6 Å². The van der Waals surface area contributed by atoms with Crippen molar-refractivity contribution in [1.82, 2.24) is 9.55 Å². The van der Waals surface area contributed by atoms with Crippen molar-refractivity contribution in [1.29, 1.82) is 0 Å². The molecular formula is C21H16ClF2N3O2. The highest BCUT2D eigenvalue weighted by atomic mass is 35.5. The summed E-state index contributed by atoms with van der Waals surface area (Å²) >= 11 is 5.86. The summed E-state index contributed by atoms with van der Waals surface area (Å²) in [7, 11) is 1.36. The number of hydrogen-bond acceptors (Lipinski definition) is 4. The maximum Gasteiger partial charge on any atom is 0.316 e. The molecule has 8 heteroatoms. The molecule has 5 nitrogen and oxygen atoms in total. The smallest absolute Gasteiger partial charge is 0.316 e. The molecule has 0 unspecified atom stereocenters. The van der Waals surface area contributed by atoms with Crippen molar-refractivity contribution < 1.29 is 13.5 Å². The Labute approximate surface area is 170 Å². The van der Waals surface area contributed by atoms with Gasteiger partial charge in [-0.15, -0.1) is 6.42 Å². The molecule has 29 heavy (non-hydrogen) atoms. The van der Waals surface area contributed by atoms with Crippen LogP contribution < -0.4 is 15.6 Å². The summed E-state index contributed by atoms with van der Waals surface area (Å²) in [6.45, 7) is 1.91. The normalized spacial score (nSPS) is 10.5. The minimum Gasteiger partial charge on any atom is -0.490 e. The van der Waals surface area contributed by atoms with Gasteiger partial charge in [-0.3, -0.25) is 4.79 Å². The monoisotopic (exact) mass is 415 g/mol. The van der Waals surface area contributed by atoms with Gasteiger partial charge in [0, 0.05) is 5.69 Å². The second kappa shape index (κ2) is 8.33. The lowest BCUT2D eigenvalue weighted by Crippen LogP contribution is -2.19. The average Bonchev–Trinajstić information content (AvgIpc) is 2.68. The Bertz CT molecular complexity index is 1190. The molecule has 0 fully saturated rings. The third kappa shape index (κ3) is 4.39. The molecule has 0 atom stereocenters. The molecule has 1 N–H and O–H groups in total. The van der Waals surface area contributed by atoms with Gasteiger partial charge in [0.1, 0.15) is 11.6 Å². The predicted octanol–water partition coefficient (Wildman–Crippen LogP) is 4.27. The molecular weight excluding hydrogens is 400 g/mol. The van der Waals surface area contributed by atoms with Crippen molar-refractivity contribution in [2.24, 2.45) is 0 Å². The molecule has 0 saturated heterocycles. The quantitative estimate of drug-likeness (QED) is 0.632. The molecule has 0 aliphatic heterocycles. The van der Waals surface area contributed by atoms with Gasteiger partial charge >= 0.3 is 5.56 Å². The van der Waals surface area contributed by atoms with Crippen LogP contribution in [0.2, 0.25) is 5.02 Å². The van der Waals surface area contributed by atoms with Gasteiger partial charge in [-0.1, -0.05) is 23.6 Å². The molecule has 0 aliphatic carbocycles.